The number of phenols is 1. The predicted octanol–water partition coefficient (Wildman–Crippen LogP) is 3.95. The highest BCUT2D eigenvalue weighted by atomic mass is 16.5. The molecule has 0 saturated carbocycles. The van der Waals surface area contributed by atoms with Gasteiger partial charge in [-0.05, 0) is 29.3 Å². The number of carbonyl (C=O) groups excluding carboxylic acids is 2. The number of hydrogen-bond donors (Lipinski definition) is 1. The van der Waals surface area contributed by atoms with Crippen LogP contribution in [0.3, 0.4) is 0 Å². The fourth-order valence-electron chi connectivity index (χ4n) is 3.39. The van der Waals surface area contributed by atoms with E-state index < -0.39 is 11.9 Å². The average Bonchev–Trinajstić information content (AvgIpc) is 2.97. The summed E-state index contributed by atoms with van der Waals surface area (Å²) in [5.41, 5.74) is 2.34. The zero-order valence-corrected chi connectivity index (χ0v) is 15.1. The van der Waals surface area contributed by atoms with E-state index in [4.69, 9.17) is 4.74 Å². The summed E-state index contributed by atoms with van der Waals surface area (Å²) in [6.45, 7) is 0.560. The Morgan fingerprint density at radius 2 is 1.46 bits per heavy atom. The number of phenolic OH excluding ortho intramolecular Hbond substituents is 1. The van der Waals surface area contributed by atoms with Crippen molar-refractivity contribution < 1.29 is 19.4 Å². The molecule has 1 heterocycles. The van der Waals surface area contributed by atoms with Gasteiger partial charge in [-0.2, -0.15) is 0 Å². The van der Waals surface area contributed by atoms with E-state index in [1.165, 1.54) is 23.1 Å². The van der Waals surface area contributed by atoms with Crippen molar-refractivity contribution in [3.8, 4) is 5.75 Å². The standard InChI is InChI=1S/C23H19NO4/c25-18-11-12-19-20(13-18)23(27)24(22(19)26)21(17-9-5-2-6-10-17)15-28-14-16-7-3-1-4-8-16/h1-13,21,25H,14-15H2/t21-/m1/s1. The second-order valence-corrected chi connectivity index (χ2v) is 6.64. The summed E-state index contributed by atoms with van der Waals surface area (Å²) in [5, 5.41) is 9.70. The third-order valence-electron chi connectivity index (χ3n) is 4.78. The summed E-state index contributed by atoms with van der Waals surface area (Å²) >= 11 is 0. The minimum Gasteiger partial charge on any atom is -0.508 e. The second-order valence-electron chi connectivity index (χ2n) is 6.64. The first-order valence-electron chi connectivity index (χ1n) is 9.02. The van der Waals surface area contributed by atoms with E-state index in [-0.39, 0.29) is 23.8 Å². The lowest BCUT2D eigenvalue weighted by Gasteiger charge is -2.26. The second kappa shape index (κ2) is 7.66. The average molecular weight is 373 g/mol. The van der Waals surface area contributed by atoms with Crippen LogP contribution in [0.5, 0.6) is 5.75 Å². The van der Waals surface area contributed by atoms with Crippen molar-refractivity contribution in [2.45, 2.75) is 12.6 Å². The summed E-state index contributed by atoms with van der Waals surface area (Å²) in [5.74, 6) is -0.844. The first-order valence-corrected chi connectivity index (χ1v) is 9.02. The molecule has 0 fully saturated rings. The summed E-state index contributed by atoms with van der Waals surface area (Å²) in [6.07, 6.45) is 0. The molecule has 140 valence electrons. The topological polar surface area (TPSA) is 66.8 Å². The number of imide groups is 1. The highest BCUT2D eigenvalue weighted by Crippen LogP contribution is 2.33. The van der Waals surface area contributed by atoms with Crippen LogP contribution in [0.4, 0.5) is 0 Å². The van der Waals surface area contributed by atoms with E-state index in [0.29, 0.717) is 12.2 Å². The van der Waals surface area contributed by atoms with Gasteiger partial charge in [0.05, 0.1) is 30.4 Å². The number of ether oxygens (including phenoxy) is 1. The summed E-state index contributed by atoms with van der Waals surface area (Å²) < 4.78 is 5.87. The Labute approximate surface area is 162 Å². The first kappa shape index (κ1) is 17.9. The number of hydrogen-bond acceptors (Lipinski definition) is 4. The van der Waals surface area contributed by atoms with Gasteiger partial charge in [0.1, 0.15) is 5.75 Å². The Balaban J connectivity index is 1.61. The number of nitrogens with zero attached hydrogens (tertiary/aromatic N) is 1. The highest BCUT2D eigenvalue weighted by molar-refractivity contribution is 6.21. The van der Waals surface area contributed by atoms with Gasteiger partial charge in [-0.1, -0.05) is 60.7 Å². The van der Waals surface area contributed by atoms with E-state index in [1.54, 1.807) is 0 Å². The molecular formula is C23H19NO4. The molecule has 4 rings (SSSR count). The smallest absolute Gasteiger partial charge is 0.262 e. The molecule has 3 aromatic rings. The molecule has 0 spiro atoms. The van der Waals surface area contributed by atoms with E-state index in [9.17, 15) is 14.7 Å². The zero-order chi connectivity index (χ0) is 19.5. The van der Waals surface area contributed by atoms with Crippen LogP contribution < -0.4 is 0 Å². The number of aromatic hydroxyl groups is 1. The molecule has 0 saturated heterocycles. The fraction of sp³-hybridized carbons (Fsp3) is 0.130. The zero-order valence-electron chi connectivity index (χ0n) is 15.1. The summed E-state index contributed by atoms with van der Waals surface area (Å²) in [6, 6.07) is 22.8. The van der Waals surface area contributed by atoms with Gasteiger partial charge in [-0.15, -0.1) is 0 Å². The van der Waals surface area contributed by atoms with Crippen LogP contribution in [0.25, 0.3) is 0 Å². The summed E-state index contributed by atoms with van der Waals surface area (Å²) in [7, 11) is 0. The maximum Gasteiger partial charge on any atom is 0.262 e. The molecule has 1 aliphatic rings. The van der Waals surface area contributed by atoms with Crippen LogP contribution in [0.1, 0.15) is 37.9 Å². The number of benzene rings is 3. The van der Waals surface area contributed by atoms with Crippen molar-refractivity contribution in [2.24, 2.45) is 0 Å². The van der Waals surface area contributed by atoms with Crippen molar-refractivity contribution in [2.75, 3.05) is 6.61 Å². The number of fused-ring (bicyclic) bond motifs is 1. The fourth-order valence-corrected chi connectivity index (χ4v) is 3.39. The number of carbonyl (C=O) groups is 2. The van der Waals surface area contributed by atoms with Crippen LogP contribution in [-0.4, -0.2) is 28.4 Å². The molecular weight excluding hydrogens is 354 g/mol. The van der Waals surface area contributed by atoms with Crippen molar-refractivity contribution in [1.82, 2.24) is 4.90 Å². The van der Waals surface area contributed by atoms with Crippen molar-refractivity contribution in [1.29, 1.82) is 0 Å². The maximum absolute atomic E-state index is 12.9. The Hall–Kier alpha value is -3.44. The van der Waals surface area contributed by atoms with Gasteiger partial charge in [0, 0.05) is 0 Å². The lowest BCUT2D eigenvalue weighted by Crippen LogP contribution is -2.36. The van der Waals surface area contributed by atoms with Crippen LogP contribution in [0.2, 0.25) is 0 Å². The molecule has 0 unspecified atom stereocenters. The molecule has 0 bridgehead atoms. The lowest BCUT2D eigenvalue weighted by atomic mass is 10.1. The Morgan fingerprint density at radius 1 is 0.821 bits per heavy atom. The van der Waals surface area contributed by atoms with Crippen LogP contribution in [0, 0.1) is 0 Å². The van der Waals surface area contributed by atoms with Gasteiger partial charge < -0.3 is 9.84 Å². The van der Waals surface area contributed by atoms with Crippen LogP contribution >= 0.6 is 0 Å². The SMILES string of the molecule is O=C1c2ccc(O)cc2C(=O)N1[C@H](COCc1ccccc1)c1ccccc1. The molecule has 3 aromatic carbocycles. The van der Waals surface area contributed by atoms with Gasteiger partial charge >= 0.3 is 0 Å². The third kappa shape index (κ3) is 3.40. The number of amides is 2. The normalized spacial score (nSPS) is 14.2. The largest absolute Gasteiger partial charge is 0.508 e. The molecule has 28 heavy (non-hydrogen) atoms. The Kier molecular flexibility index (Phi) is 4.91. The minimum atomic E-state index is -0.556. The van der Waals surface area contributed by atoms with Gasteiger partial charge in [0.25, 0.3) is 11.8 Å². The molecule has 0 radical (unpaired) electrons. The van der Waals surface area contributed by atoms with Gasteiger partial charge in [-0.3, -0.25) is 14.5 Å². The molecule has 2 amide bonds. The first-order chi connectivity index (χ1) is 13.6. The Morgan fingerprint density at radius 3 is 2.18 bits per heavy atom. The molecule has 1 N–H and O–H groups in total. The van der Waals surface area contributed by atoms with Crippen molar-refractivity contribution in [3.63, 3.8) is 0 Å². The van der Waals surface area contributed by atoms with E-state index >= 15 is 0 Å². The maximum atomic E-state index is 12.9. The van der Waals surface area contributed by atoms with Gasteiger partial charge in [-0.25, -0.2) is 0 Å². The molecule has 5 nitrogen and oxygen atoms in total. The van der Waals surface area contributed by atoms with E-state index in [0.717, 1.165) is 11.1 Å². The monoisotopic (exact) mass is 373 g/mol. The lowest BCUT2D eigenvalue weighted by molar-refractivity contribution is 0.0359. The van der Waals surface area contributed by atoms with Crippen molar-refractivity contribution in [3.05, 3.63) is 101 Å². The molecule has 0 aliphatic carbocycles. The molecule has 0 aromatic heterocycles. The molecule has 1 aliphatic heterocycles. The van der Waals surface area contributed by atoms with Gasteiger partial charge in [0.15, 0.2) is 0 Å². The van der Waals surface area contributed by atoms with E-state index in [2.05, 4.69) is 0 Å². The molecule has 5 heteroatoms. The van der Waals surface area contributed by atoms with Crippen LogP contribution in [0.15, 0.2) is 78.9 Å². The third-order valence-corrected chi connectivity index (χ3v) is 4.78. The van der Waals surface area contributed by atoms with Crippen LogP contribution in [-0.2, 0) is 11.3 Å². The summed E-state index contributed by atoms with van der Waals surface area (Å²) in [4.78, 5) is 27.1. The Bertz CT molecular complexity index is 1000. The van der Waals surface area contributed by atoms with Gasteiger partial charge in [0.2, 0.25) is 0 Å². The number of rotatable bonds is 6. The molecule has 1 atom stereocenters. The van der Waals surface area contributed by atoms with Crippen molar-refractivity contribution >= 4 is 11.8 Å². The predicted molar refractivity (Wildman–Crippen MR) is 104 cm³/mol. The quantitative estimate of drug-likeness (QED) is 0.665. The highest BCUT2D eigenvalue weighted by Gasteiger charge is 2.40. The van der Waals surface area contributed by atoms with E-state index in [1.807, 2.05) is 60.7 Å². The minimum absolute atomic E-state index is 0.0432.